The summed E-state index contributed by atoms with van der Waals surface area (Å²) in [6.07, 6.45) is 4.12. The summed E-state index contributed by atoms with van der Waals surface area (Å²) in [7, 11) is 0. The Morgan fingerprint density at radius 1 is 1.14 bits per heavy atom. The molecule has 0 fully saturated rings. The summed E-state index contributed by atoms with van der Waals surface area (Å²) in [6, 6.07) is 11.4. The number of rotatable bonds is 2. The molecule has 0 aliphatic rings. The summed E-state index contributed by atoms with van der Waals surface area (Å²) in [4.78, 5) is 4.30. The van der Waals surface area contributed by atoms with Gasteiger partial charge in [0, 0.05) is 28.7 Å². The molecule has 0 amide bonds. The van der Waals surface area contributed by atoms with E-state index in [1.165, 1.54) is 6.07 Å². The van der Waals surface area contributed by atoms with Crippen LogP contribution in [0, 0.1) is 5.82 Å². The Morgan fingerprint density at radius 2 is 2.05 bits per heavy atom. The molecule has 0 atom stereocenters. The van der Waals surface area contributed by atoms with Gasteiger partial charge in [-0.15, -0.1) is 10.2 Å². The average molecular weight is 357 g/mol. The molecule has 0 saturated carbocycles. The number of benzene rings is 1. The minimum absolute atomic E-state index is 0.237. The number of hydrogen-bond acceptors (Lipinski definition) is 3. The maximum absolute atomic E-state index is 13.8. The van der Waals surface area contributed by atoms with Crippen LogP contribution in [0.1, 0.15) is 11.4 Å². The second-order valence-corrected chi connectivity index (χ2v) is 5.94. The van der Waals surface area contributed by atoms with Crippen molar-refractivity contribution in [2.75, 3.05) is 0 Å². The largest absolute Gasteiger partial charge is 0.283 e. The van der Waals surface area contributed by atoms with Gasteiger partial charge in [-0.05, 0) is 45.8 Å². The molecule has 1 aromatic carbocycles. The van der Waals surface area contributed by atoms with Gasteiger partial charge in [0.2, 0.25) is 0 Å². The maximum atomic E-state index is 13.8. The van der Waals surface area contributed by atoms with E-state index in [9.17, 15) is 4.39 Å². The van der Waals surface area contributed by atoms with Crippen molar-refractivity contribution in [1.29, 1.82) is 0 Å². The van der Waals surface area contributed by atoms with E-state index < -0.39 is 5.82 Å². The zero-order valence-electron chi connectivity index (χ0n) is 11.4. The molecule has 4 rings (SSSR count). The Hall–Kier alpha value is -2.34. The first-order chi connectivity index (χ1) is 10.7. The van der Waals surface area contributed by atoms with Crippen molar-refractivity contribution in [1.82, 2.24) is 19.6 Å². The Kier molecular flexibility index (Phi) is 3.11. The van der Waals surface area contributed by atoms with Crippen molar-refractivity contribution in [3.8, 4) is 0 Å². The Morgan fingerprint density at radius 3 is 2.95 bits per heavy atom. The zero-order chi connectivity index (χ0) is 15.1. The summed E-state index contributed by atoms with van der Waals surface area (Å²) in [6.45, 7) is 0. The molecule has 0 spiro atoms. The number of hydrogen-bond donors (Lipinski definition) is 0. The minimum Gasteiger partial charge on any atom is -0.283 e. The zero-order valence-corrected chi connectivity index (χ0v) is 13.0. The lowest BCUT2D eigenvalue weighted by Gasteiger charge is -2.03. The van der Waals surface area contributed by atoms with Gasteiger partial charge in [0.25, 0.3) is 0 Å². The van der Waals surface area contributed by atoms with E-state index in [1.54, 1.807) is 16.8 Å². The molecule has 3 heterocycles. The molecule has 4 aromatic rings. The summed E-state index contributed by atoms with van der Waals surface area (Å²) < 4.78 is 16.2. The average Bonchev–Trinajstić information content (AvgIpc) is 2.90. The van der Waals surface area contributed by atoms with Crippen LogP contribution >= 0.6 is 15.9 Å². The number of aromatic nitrogens is 4. The van der Waals surface area contributed by atoms with Crippen LogP contribution in [0.5, 0.6) is 0 Å². The lowest BCUT2D eigenvalue weighted by Crippen LogP contribution is -1.98. The molecule has 22 heavy (non-hydrogen) atoms. The molecule has 0 saturated heterocycles. The Balaban J connectivity index is 1.79. The van der Waals surface area contributed by atoms with Gasteiger partial charge in [0.1, 0.15) is 5.82 Å². The van der Waals surface area contributed by atoms with Gasteiger partial charge < -0.3 is 0 Å². The van der Waals surface area contributed by atoms with E-state index in [0.29, 0.717) is 16.7 Å². The smallest absolute Gasteiger partial charge is 0.196 e. The predicted octanol–water partition coefficient (Wildman–Crippen LogP) is 3.77. The van der Waals surface area contributed by atoms with Gasteiger partial charge in [-0.25, -0.2) is 4.39 Å². The van der Waals surface area contributed by atoms with Crippen molar-refractivity contribution in [2.45, 2.75) is 6.42 Å². The number of pyridine rings is 2. The third kappa shape index (κ3) is 2.25. The minimum atomic E-state index is -0.393. The number of fused-ring (bicyclic) bond motifs is 2. The highest BCUT2D eigenvalue weighted by molar-refractivity contribution is 9.10. The maximum Gasteiger partial charge on any atom is 0.196 e. The van der Waals surface area contributed by atoms with E-state index >= 15 is 0 Å². The van der Waals surface area contributed by atoms with Crippen molar-refractivity contribution in [3.05, 3.63) is 70.5 Å². The fourth-order valence-electron chi connectivity index (χ4n) is 2.51. The first kappa shape index (κ1) is 13.3. The van der Waals surface area contributed by atoms with Gasteiger partial charge in [0.15, 0.2) is 11.5 Å². The van der Waals surface area contributed by atoms with Crippen LogP contribution in [0.4, 0.5) is 4.39 Å². The SMILES string of the molecule is Fc1cc(Br)cn2c(Cc3ccc4ncccc4c3)nnc12. The van der Waals surface area contributed by atoms with Crippen LogP contribution in [0.3, 0.4) is 0 Å². The topological polar surface area (TPSA) is 43.1 Å². The quantitative estimate of drug-likeness (QED) is 0.549. The fraction of sp³-hybridized carbons (Fsp3) is 0.0625. The summed E-state index contributed by atoms with van der Waals surface area (Å²) in [5.74, 6) is 0.300. The van der Waals surface area contributed by atoms with Crippen LogP contribution in [0.25, 0.3) is 16.6 Å². The molecule has 0 unspecified atom stereocenters. The van der Waals surface area contributed by atoms with E-state index in [1.807, 2.05) is 24.3 Å². The molecule has 3 aromatic heterocycles. The highest BCUT2D eigenvalue weighted by atomic mass is 79.9. The van der Waals surface area contributed by atoms with E-state index in [0.717, 1.165) is 16.5 Å². The van der Waals surface area contributed by atoms with Crippen molar-refractivity contribution in [2.24, 2.45) is 0 Å². The third-order valence-corrected chi connectivity index (χ3v) is 3.96. The summed E-state index contributed by atoms with van der Waals surface area (Å²) in [5, 5.41) is 9.10. The molecule has 6 heteroatoms. The summed E-state index contributed by atoms with van der Waals surface area (Å²) in [5.41, 5.74) is 2.27. The third-order valence-electron chi connectivity index (χ3n) is 3.53. The summed E-state index contributed by atoms with van der Waals surface area (Å²) >= 11 is 3.30. The molecule has 0 N–H and O–H groups in total. The van der Waals surface area contributed by atoms with E-state index in [4.69, 9.17) is 0 Å². The van der Waals surface area contributed by atoms with Gasteiger partial charge in [0.05, 0.1) is 5.52 Å². The molecular formula is C16H10BrFN4. The highest BCUT2D eigenvalue weighted by Crippen LogP contribution is 2.19. The molecule has 108 valence electrons. The predicted molar refractivity (Wildman–Crippen MR) is 85.2 cm³/mol. The molecule has 0 bridgehead atoms. The van der Waals surface area contributed by atoms with Crippen LogP contribution in [0.2, 0.25) is 0 Å². The standard InChI is InChI=1S/C16H10BrFN4/c17-12-8-13(18)16-21-20-15(22(16)9-12)7-10-3-4-14-11(6-10)2-1-5-19-14/h1-6,8-9H,7H2. The fourth-order valence-corrected chi connectivity index (χ4v) is 2.91. The van der Waals surface area contributed by atoms with Crippen molar-refractivity contribution in [3.63, 3.8) is 0 Å². The first-order valence-corrected chi connectivity index (χ1v) is 7.52. The second kappa shape index (κ2) is 5.14. The highest BCUT2D eigenvalue weighted by Gasteiger charge is 2.11. The second-order valence-electron chi connectivity index (χ2n) is 5.02. The number of halogens is 2. The first-order valence-electron chi connectivity index (χ1n) is 6.73. The van der Waals surface area contributed by atoms with Gasteiger partial charge in [-0.1, -0.05) is 12.1 Å². The lowest BCUT2D eigenvalue weighted by atomic mass is 10.1. The van der Waals surface area contributed by atoms with Crippen molar-refractivity contribution >= 4 is 32.5 Å². The van der Waals surface area contributed by atoms with E-state index in [2.05, 4.69) is 37.2 Å². The van der Waals surface area contributed by atoms with Crippen molar-refractivity contribution < 1.29 is 4.39 Å². The van der Waals surface area contributed by atoms with Crippen LogP contribution < -0.4 is 0 Å². The van der Waals surface area contributed by atoms with Crippen LogP contribution in [-0.2, 0) is 6.42 Å². The van der Waals surface area contributed by atoms with Gasteiger partial charge in [-0.3, -0.25) is 9.38 Å². The number of nitrogens with zero attached hydrogens (tertiary/aromatic N) is 4. The molecule has 4 nitrogen and oxygen atoms in total. The van der Waals surface area contributed by atoms with Gasteiger partial charge >= 0.3 is 0 Å². The van der Waals surface area contributed by atoms with E-state index in [-0.39, 0.29) is 5.65 Å². The monoisotopic (exact) mass is 356 g/mol. The van der Waals surface area contributed by atoms with Gasteiger partial charge in [-0.2, -0.15) is 0 Å². The van der Waals surface area contributed by atoms with Crippen LogP contribution in [-0.4, -0.2) is 19.6 Å². The lowest BCUT2D eigenvalue weighted by molar-refractivity contribution is 0.628. The Labute approximate surface area is 133 Å². The normalized spacial score (nSPS) is 11.4. The van der Waals surface area contributed by atoms with Crippen LogP contribution in [0.15, 0.2) is 53.3 Å². The Bertz CT molecular complexity index is 996. The molecule has 0 aliphatic heterocycles. The molecular weight excluding hydrogens is 347 g/mol. The molecule has 0 radical (unpaired) electrons. The molecule has 0 aliphatic carbocycles.